The molecule has 1 aliphatic rings. The largest absolute Gasteiger partial charge is 0.369 e. The number of likely N-dealkylation sites (tertiary alicyclic amines) is 1. The topological polar surface area (TPSA) is 141 Å². The molecule has 0 aliphatic carbocycles. The van der Waals surface area contributed by atoms with Crippen molar-refractivity contribution < 1.29 is 26.8 Å². The van der Waals surface area contributed by atoms with Crippen molar-refractivity contribution in [3.05, 3.63) is 76.6 Å². The lowest BCUT2D eigenvalue weighted by Gasteiger charge is -2.38. The summed E-state index contributed by atoms with van der Waals surface area (Å²) in [6.07, 6.45) is 2.34. The molecule has 2 heterocycles. The first-order chi connectivity index (χ1) is 15.9. The maximum absolute atomic E-state index is 13.1. The smallest absolute Gasteiger partial charge is 0.282 e. The van der Waals surface area contributed by atoms with Crippen molar-refractivity contribution in [1.82, 2.24) is 14.7 Å². The normalized spacial score (nSPS) is 16.1. The lowest BCUT2D eigenvalue weighted by molar-refractivity contribution is -0.118. The first-order valence-corrected chi connectivity index (χ1v) is 11.7. The van der Waals surface area contributed by atoms with Crippen LogP contribution < -0.4 is 10.9 Å². The number of sulfonamides is 1. The van der Waals surface area contributed by atoms with Gasteiger partial charge in [0.25, 0.3) is 11.8 Å². The van der Waals surface area contributed by atoms with Gasteiger partial charge in [-0.05, 0) is 29.3 Å². The Morgan fingerprint density at radius 1 is 1.15 bits per heavy atom. The molecule has 0 saturated carbocycles. The van der Waals surface area contributed by atoms with Crippen LogP contribution in [0.2, 0.25) is 5.02 Å². The lowest BCUT2D eigenvalue weighted by Crippen LogP contribution is -2.58. The number of hydrogen-bond donors (Lipinski definition) is 2. The molecule has 9 nitrogen and oxygen atoms in total. The first kappa shape index (κ1) is 23.8. The van der Waals surface area contributed by atoms with Gasteiger partial charge in [-0.2, -0.15) is 5.10 Å². The molecule has 1 saturated heterocycles. The Kier molecular flexibility index (Phi) is 5.92. The minimum Gasteiger partial charge on any atom is -0.369 e. The third-order valence-electron chi connectivity index (χ3n) is 5.33. The molecule has 2 amide bonds. The summed E-state index contributed by atoms with van der Waals surface area (Å²) < 4.78 is 52.0. The average Bonchev–Trinajstić information content (AvgIpc) is 3.22. The highest BCUT2D eigenvalue weighted by molar-refractivity contribution is 7.89. The quantitative estimate of drug-likeness (QED) is 0.522. The van der Waals surface area contributed by atoms with Crippen LogP contribution in [0.15, 0.2) is 59.8 Å². The van der Waals surface area contributed by atoms with Gasteiger partial charge in [-0.25, -0.2) is 27.0 Å². The Balaban J connectivity index is 1.75. The molecule has 0 bridgehead atoms. The number of amides is 2. The van der Waals surface area contributed by atoms with Crippen LogP contribution in [0.25, 0.3) is 5.69 Å². The van der Waals surface area contributed by atoms with Crippen LogP contribution in [0.3, 0.4) is 0 Å². The second-order valence-electron chi connectivity index (χ2n) is 7.82. The molecule has 0 spiro atoms. The standard InChI is InChI=1S/C21H18ClF2N5O4S/c22-15-4-2-1-3-14(15)18(19(25)30)12-5-6-16(17(7-12)34(26,32)33)29-9-13(8-27-29)20(31)28-10-21(23,24)11-28/h1-9,18H,10-11H2,(H2,25,30)(H2,26,32,33). The molecule has 1 aliphatic heterocycles. The number of aromatic nitrogens is 2. The number of hydrogen-bond acceptors (Lipinski definition) is 5. The molecular formula is C21H18ClF2N5O4S. The van der Waals surface area contributed by atoms with Gasteiger partial charge in [0.1, 0.15) is 4.90 Å². The van der Waals surface area contributed by atoms with Crippen molar-refractivity contribution in [2.75, 3.05) is 13.1 Å². The number of nitrogens with zero attached hydrogens (tertiary/aromatic N) is 3. The molecule has 1 unspecified atom stereocenters. The van der Waals surface area contributed by atoms with Crippen LogP contribution in [0.1, 0.15) is 27.4 Å². The number of primary sulfonamides is 1. The van der Waals surface area contributed by atoms with Gasteiger partial charge in [-0.3, -0.25) is 9.59 Å². The third kappa shape index (κ3) is 4.52. The van der Waals surface area contributed by atoms with Gasteiger partial charge in [0.05, 0.1) is 36.5 Å². The summed E-state index contributed by atoms with van der Waals surface area (Å²) in [6, 6.07) is 10.5. The summed E-state index contributed by atoms with van der Waals surface area (Å²) in [5, 5.41) is 9.67. The van der Waals surface area contributed by atoms with E-state index in [2.05, 4.69) is 5.10 Å². The Morgan fingerprint density at radius 3 is 2.41 bits per heavy atom. The van der Waals surface area contributed by atoms with E-state index in [1.54, 1.807) is 24.3 Å². The average molecular weight is 510 g/mol. The van der Waals surface area contributed by atoms with E-state index >= 15 is 0 Å². The number of primary amides is 1. The summed E-state index contributed by atoms with van der Waals surface area (Å²) in [5.74, 6) is -5.43. The fourth-order valence-corrected chi connectivity index (χ4v) is 4.74. The number of carbonyl (C=O) groups excluding carboxylic acids is 2. The minimum atomic E-state index is -4.33. The number of nitrogens with two attached hydrogens (primary N) is 2. The van der Waals surface area contributed by atoms with E-state index in [1.807, 2.05) is 0 Å². The highest BCUT2D eigenvalue weighted by atomic mass is 35.5. The summed E-state index contributed by atoms with van der Waals surface area (Å²) >= 11 is 6.21. The Bertz CT molecular complexity index is 1400. The van der Waals surface area contributed by atoms with Gasteiger partial charge in [-0.1, -0.05) is 35.9 Å². The van der Waals surface area contributed by atoms with Gasteiger partial charge in [-0.15, -0.1) is 0 Å². The van der Waals surface area contributed by atoms with Crippen molar-refractivity contribution in [2.24, 2.45) is 10.9 Å². The van der Waals surface area contributed by atoms with Crippen molar-refractivity contribution in [2.45, 2.75) is 16.7 Å². The maximum atomic E-state index is 13.1. The maximum Gasteiger partial charge on any atom is 0.282 e. The molecule has 1 aromatic heterocycles. The zero-order chi connectivity index (χ0) is 24.8. The van der Waals surface area contributed by atoms with Crippen molar-refractivity contribution in [3.8, 4) is 5.69 Å². The molecule has 4 rings (SSSR count). The molecule has 2 aromatic carbocycles. The van der Waals surface area contributed by atoms with Gasteiger partial charge in [0.2, 0.25) is 15.9 Å². The highest BCUT2D eigenvalue weighted by Gasteiger charge is 2.46. The lowest BCUT2D eigenvalue weighted by atomic mass is 9.90. The number of carbonyl (C=O) groups is 2. The van der Waals surface area contributed by atoms with Crippen LogP contribution in [0, 0.1) is 0 Å². The SMILES string of the molecule is NC(=O)C(c1ccc(-n2cc(C(=O)N3CC(F)(F)C3)cn2)c(S(N)(=O)=O)c1)c1ccccc1Cl. The number of halogens is 3. The molecule has 0 radical (unpaired) electrons. The predicted molar refractivity (Wildman–Crippen MR) is 118 cm³/mol. The Hall–Kier alpha value is -3.35. The second kappa shape index (κ2) is 8.46. The van der Waals surface area contributed by atoms with E-state index in [9.17, 15) is 26.8 Å². The second-order valence-corrected chi connectivity index (χ2v) is 9.76. The predicted octanol–water partition coefficient (Wildman–Crippen LogP) is 1.88. The summed E-state index contributed by atoms with van der Waals surface area (Å²) in [4.78, 5) is 25.2. The fourth-order valence-electron chi connectivity index (χ4n) is 3.74. The van der Waals surface area contributed by atoms with Crippen LogP contribution >= 0.6 is 11.6 Å². The Labute approximate surface area is 197 Å². The first-order valence-electron chi connectivity index (χ1n) is 9.80. The minimum absolute atomic E-state index is 0.00831. The van der Waals surface area contributed by atoms with Crippen LogP contribution in [0.5, 0.6) is 0 Å². The van der Waals surface area contributed by atoms with Crippen molar-refractivity contribution in [1.29, 1.82) is 0 Å². The summed E-state index contributed by atoms with van der Waals surface area (Å²) in [7, 11) is -4.33. The van der Waals surface area contributed by atoms with E-state index < -0.39 is 46.8 Å². The molecule has 13 heteroatoms. The van der Waals surface area contributed by atoms with Crippen LogP contribution in [-0.2, 0) is 14.8 Å². The van der Waals surface area contributed by atoms with Gasteiger partial charge < -0.3 is 10.6 Å². The van der Waals surface area contributed by atoms with Gasteiger partial charge in [0.15, 0.2) is 0 Å². The molecule has 1 fully saturated rings. The zero-order valence-electron chi connectivity index (χ0n) is 17.4. The van der Waals surface area contributed by atoms with E-state index in [0.29, 0.717) is 5.56 Å². The summed E-state index contributed by atoms with van der Waals surface area (Å²) in [5.41, 5.74) is 6.17. The molecule has 1 atom stereocenters. The van der Waals surface area contributed by atoms with Gasteiger partial charge in [0, 0.05) is 11.2 Å². The van der Waals surface area contributed by atoms with E-state index in [-0.39, 0.29) is 26.7 Å². The third-order valence-corrected chi connectivity index (χ3v) is 6.62. The van der Waals surface area contributed by atoms with E-state index in [0.717, 1.165) is 15.8 Å². The van der Waals surface area contributed by atoms with Crippen molar-refractivity contribution >= 4 is 33.4 Å². The van der Waals surface area contributed by atoms with Gasteiger partial charge >= 0.3 is 0 Å². The monoisotopic (exact) mass is 509 g/mol. The number of alkyl halides is 2. The van der Waals surface area contributed by atoms with Crippen molar-refractivity contribution in [3.63, 3.8) is 0 Å². The molecule has 4 N–H and O–H groups in total. The van der Waals surface area contributed by atoms with E-state index in [4.69, 9.17) is 22.5 Å². The highest BCUT2D eigenvalue weighted by Crippen LogP contribution is 2.33. The molecule has 178 valence electrons. The fraction of sp³-hybridized carbons (Fsp3) is 0.190. The number of benzene rings is 2. The number of rotatable bonds is 6. The molecule has 3 aromatic rings. The summed E-state index contributed by atoms with van der Waals surface area (Å²) in [6.45, 7) is -1.41. The Morgan fingerprint density at radius 2 is 1.82 bits per heavy atom. The van der Waals surface area contributed by atoms with Crippen LogP contribution in [-0.4, -0.2) is 53.9 Å². The van der Waals surface area contributed by atoms with E-state index in [1.165, 1.54) is 24.4 Å². The van der Waals surface area contributed by atoms with Crippen LogP contribution in [0.4, 0.5) is 8.78 Å². The molecular weight excluding hydrogens is 492 g/mol. The molecule has 34 heavy (non-hydrogen) atoms. The zero-order valence-corrected chi connectivity index (χ0v) is 18.9.